The van der Waals surface area contributed by atoms with Crippen LogP contribution in [0, 0.1) is 0 Å². The Morgan fingerprint density at radius 1 is 0.864 bits per heavy atom. The van der Waals surface area contributed by atoms with Crippen LogP contribution in [-0.2, 0) is 9.47 Å². The predicted octanol–water partition coefficient (Wildman–Crippen LogP) is 2.77. The zero-order chi connectivity index (χ0) is 16.4. The normalized spacial score (nSPS) is 28.6. The second-order valence-corrected chi connectivity index (χ2v) is 8.82. The lowest BCUT2D eigenvalue weighted by Crippen LogP contribution is -2.54. The smallest absolute Gasteiger partial charge is 0.0631 e. The van der Waals surface area contributed by atoms with Crippen LogP contribution in [0.15, 0.2) is 0 Å². The van der Waals surface area contributed by atoms with Crippen LogP contribution in [0.1, 0.15) is 54.4 Å². The molecule has 0 N–H and O–H groups in total. The number of ether oxygens (including phenoxy) is 2. The quantitative estimate of drug-likeness (QED) is 0.779. The molecule has 1 saturated carbocycles. The monoisotopic (exact) mass is 312 g/mol. The Bertz CT molecular complexity index is 332. The molecule has 0 unspecified atom stereocenters. The molecule has 2 rings (SSSR count). The maximum atomic E-state index is 5.98. The molecule has 22 heavy (non-hydrogen) atoms. The minimum atomic E-state index is -0.0254. The molecule has 0 radical (unpaired) electrons. The van der Waals surface area contributed by atoms with E-state index < -0.39 is 0 Å². The molecular formula is C18H36N2O2. The summed E-state index contributed by atoms with van der Waals surface area (Å²) >= 11 is 0. The first-order chi connectivity index (χ1) is 10.1. The molecule has 0 atom stereocenters. The van der Waals surface area contributed by atoms with E-state index in [2.05, 4.69) is 51.3 Å². The van der Waals surface area contributed by atoms with Crippen LogP contribution in [0.5, 0.6) is 0 Å². The second-order valence-electron chi connectivity index (χ2n) is 8.82. The third kappa shape index (κ3) is 5.80. The van der Waals surface area contributed by atoms with Gasteiger partial charge in [-0.2, -0.15) is 0 Å². The van der Waals surface area contributed by atoms with Gasteiger partial charge in [-0.15, -0.1) is 0 Å². The third-order valence-corrected chi connectivity index (χ3v) is 4.65. The van der Waals surface area contributed by atoms with Crippen molar-refractivity contribution in [1.29, 1.82) is 0 Å². The first kappa shape index (κ1) is 18.2. The molecule has 0 bridgehead atoms. The summed E-state index contributed by atoms with van der Waals surface area (Å²) in [5.41, 5.74) is 0.277. The largest absolute Gasteiger partial charge is 0.377 e. The minimum absolute atomic E-state index is 0.0254. The van der Waals surface area contributed by atoms with E-state index in [0.29, 0.717) is 17.7 Å². The Morgan fingerprint density at radius 2 is 1.45 bits per heavy atom. The van der Waals surface area contributed by atoms with E-state index in [-0.39, 0.29) is 5.60 Å². The summed E-state index contributed by atoms with van der Waals surface area (Å²) < 4.78 is 11.9. The fraction of sp³-hybridized carbons (Fsp3) is 1.00. The number of nitrogens with zero attached hydrogens (tertiary/aromatic N) is 2. The van der Waals surface area contributed by atoms with E-state index >= 15 is 0 Å². The first-order valence-electron chi connectivity index (χ1n) is 8.90. The highest BCUT2D eigenvalue weighted by molar-refractivity contribution is 4.84. The lowest BCUT2D eigenvalue weighted by molar-refractivity contribution is -0.149. The fourth-order valence-corrected chi connectivity index (χ4v) is 3.24. The Kier molecular flexibility index (Phi) is 5.92. The van der Waals surface area contributed by atoms with E-state index in [9.17, 15) is 0 Å². The first-order valence-corrected chi connectivity index (χ1v) is 8.90. The van der Waals surface area contributed by atoms with Gasteiger partial charge in [0.15, 0.2) is 0 Å². The van der Waals surface area contributed by atoms with E-state index in [0.717, 1.165) is 26.0 Å². The van der Waals surface area contributed by atoms with Crippen molar-refractivity contribution in [2.24, 2.45) is 0 Å². The van der Waals surface area contributed by atoms with Crippen LogP contribution < -0.4 is 0 Å². The van der Waals surface area contributed by atoms with Gasteiger partial charge >= 0.3 is 0 Å². The fourth-order valence-electron chi connectivity index (χ4n) is 3.24. The van der Waals surface area contributed by atoms with Gasteiger partial charge in [0, 0.05) is 38.3 Å². The standard InChI is InChI=1S/C18H36N2O2/c1-17(2,3)20-9-7-19(8-10-20)11-12-21-15-13-16(14-15)22-18(4,5)6/h15-16H,7-14H2,1-6H3. The van der Waals surface area contributed by atoms with Crippen molar-refractivity contribution >= 4 is 0 Å². The van der Waals surface area contributed by atoms with Crippen LogP contribution in [0.25, 0.3) is 0 Å². The summed E-state index contributed by atoms with van der Waals surface area (Å²) in [6.45, 7) is 19.9. The molecule has 2 aliphatic rings. The number of rotatable bonds is 5. The van der Waals surface area contributed by atoms with Crippen molar-refractivity contribution in [2.45, 2.75) is 77.7 Å². The molecule has 0 amide bonds. The summed E-state index contributed by atoms with van der Waals surface area (Å²) in [4.78, 5) is 5.11. The topological polar surface area (TPSA) is 24.9 Å². The Labute approximate surface area is 137 Å². The molecule has 0 aromatic heterocycles. The van der Waals surface area contributed by atoms with Crippen LogP contribution in [0.4, 0.5) is 0 Å². The van der Waals surface area contributed by atoms with Crippen molar-refractivity contribution in [2.75, 3.05) is 39.3 Å². The molecule has 4 nitrogen and oxygen atoms in total. The third-order valence-electron chi connectivity index (χ3n) is 4.65. The Hall–Kier alpha value is -0.160. The molecule has 1 aliphatic carbocycles. The van der Waals surface area contributed by atoms with Crippen molar-refractivity contribution in [3.05, 3.63) is 0 Å². The van der Waals surface area contributed by atoms with Crippen molar-refractivity contribution in [3.63, 3.8) is 0 Å². The molecule has 1 saturated heterocycles. The summed E-state index contributed by atoms with van der Waals surface area (Å²) in [7, 11) is 0. The van der Waals surface area contributed by atoms with E-state index in [4.69, 9.17) is 9.47 Å². The molecule has 4 heteroatoms. The minimum Gasteiger partial charge on any atom is -0.377 e. The lowest BCUT2D eigenvalue weighted by atomic mass is 9.91. The molecular weight excluding hydrogens is 276 g/mol. The van der Waals surface area contributed by atoms with Crippen LogP contribution >= 0.6 is 0 Å². The van der Waals surface area contributed by atoms with Gasteiger partial charge in [0.05, 0.1) is 24.4 Å². The lowest BCUT2D eigenvalue weighted by Gasteiger charge is -2.42. The van der Waals surface area contributed by atoms with Gasteiger partial charge in [-0.25, -0.2) is 0 Å². The van der Waals surface area contributed by atoms with Crippen LogP contribution in [0.3, 0.4) is 0 Å². The molecule has 0 spiro atoms. The van der Waals surface area contributed by atoms with Crippen LogP contribution in [-0.4, -0.2) is 72.5 Å². The maximum Gasteiger partial charge on any atom is 0.0631 e. The number of piperazine rings is 1. The van der Waals surface area contributed by atoms with Gasteiger partial charge in [0.2, 0.25) is 0 Å². The highest BCUT2D eigenvalue weighted by Gasteiger charge is 2.33. The molecule has 2 fully saturated rings. The summed E-state index contributed by atoms with van der Waals surface area (Å²) in [5.74, 6) is 0. The van der Waals surface area contributed by atoms with E-state index in [1.165, 1.54) is 26.2 Å². The van der Waals surface area contributed by atoms with Gasteiger partial charge in [-0.3, -0.25) is 9.80 Å². The van der Waals surface area contributed by atoms with Gasteiger partial charge in [-0.1, -0.05) is 0 Å². The zero-order valence-corrected chi connectivity index (χ0v) is 15.5. The summed E-state index contributed by atoms with van der Waals surface area (Å²) in [6, 6.07) is 0. The SMILES string of the molecule is CC(C)(C)OC1CC(OCCN2CCN(C(C)(C)C)CC2)C1. The van der Waals surface area contributed by atoms with Crippen molar-refractivity contribution in [3.8, 4) is 0 Å². The average molecular weight is 312 g/mol. The molecule has 1 aliphatic heterocycles. The summed E-state index contributed by atoms with van der Waals surface area (Å²) in [6.07, 6.45) is 2.95. The molecule has 1 heterocycles. The highest BCUT2D eigenvalue weighted by Crippen LogP contribution is 2.29. The maximum absolute atomic E-state index is 5.98. The molecule has 0 aromatic carbocycles. The van der Waals surface area contributed by atoms with Gasteiger partial charge in [0.25, 0.3) is 0 Å². The molecule has 0 aromatic rings. The Balaban J connectivity index is 1.53. The Morgan fingerprint density at radius 3 is 1.95 bits per heavy atom. The second kappa shape index (κ2) is 7.16. The van der Waals surface area contributed by atoms with Crippen molar-refractivity contribution in [1.82, 2.24) is 9.80 Å². The number of hydrogen-bond acceptors (Lipinski definition) is 4. The van der Waals surface area contributed by atoms with Gasteiger partial charge in [-0.05, 0) is 54.4 Å². The van der Waals surface area contributed by atoms with E-state index in [1.807, 2.05) is 0 Å². The highest BCUT2D eigenvalue weighted by atomic mass is 16.5. The van der Waals surface area contributed by atoms with E-state index in [1.54, 1.807) is 0 Å². The summed E-state index contributed by atoms with van der Waals surface area (Å²) in [5, 5.41) is 0. The zero-order valence-electron chi connectivity index (χ0n) is 15.5. The van der Waals surface area contributed by atoms with Gasteiger partial charge < -0.3 is 9.47 Å². The molecule has 130 valence electrons. The predicted molar refractivity (Wildman–Crippen MR) is 91.4 cm³/mol. The average Bonchev–Trinajstić information content (AvgIpc) is 2.33. The number of hydrogen-bond donors (Lipinski definition) is 0. The van der Waals surface area contributed by atoms with Gasteiger partial charge in [0.1, 0.15) is 0 Å². The van der Waals surface area contributed by atoms with Crippen molar-refractivity contribution < 1.29 is 9.47 Å². The van der Waals surface area contributed by atoms with Crippen LogP contribution in [0.2, 0.25) is 0 Å².